The van der Waals surface area contributed by atoms with Gasteiger partial charge in [0.15, 0.2) is 11.5 Å². The smallest absolute Gasteiger partial charge is 0.231 e. The minimum atomic E-state index is 0.0420. The average molecular weight is 354 g/mol. The van der Waals surface area contributed by atoms with Crippen LogP contribution in [0.15, 0.2) is 48.6 Å². The minimum absolute atomic E-state index is 0.0420. The van der Waals surface area contributed by atoms with Crippen molar-refractivity contribution in [1.82, 2.24) is 0 Å². The van der Waals surface area contributed by atoms with E-state index in [4.69, 9.17) is 23.7 Å². The Balaban J connectivity index is 1.83. The van der Waals surface area contributed by atoms with Gasteiger partial charge < -0.3 is 23.7 Å². The summed E-state index contributed by atoms with van der Waals surface area (Å²) >= 11 is 0. The zero-order valence-electron chi connectivity index (χ0n) is 15.0. The van der Waals surface area contributed by atoms with Crippen molar-refractivity contribution in [2.24, 2.45) is 5.92 Å². The van der Waals surface area contributed by atoms with Crippen molar-refractivity contribution in [2.75, 3.05) is 34.2 Å². The standard InChI is InChI=1S/C21H22O5/c1-13-10-24-11-17(13)21(14-4-7-18-20(8-14)26-12-25-18)16-6-5-15(22-2)9-19(16)23-3/h4-9,17,21H,1,10-12H2,2-3H3/t17-,21+/m0/s1. The third kappa shape index (κ3) is 2.88. The number of methoxy groups -OCH3 is 2. The van der Waals surface area contributed by atoms with Gasteiger partial charge in [-0.3, -0.25) is 0 Å². The van der Waals surface area contributed by atoms with Gasteiger partial charge in [0.25, 0.3) is 0 Å². The fourth-order valence-corrected chi connectivity index (χ4v) is 3.68. The Morgan fingerprint density at radius 3 is 2.62 bits per heavy atom. The first kappa shape index (κ1) is 16.8. The SMILES string of the molecule is C=C1COC[C@@H]1[C@H](c1ccc2c(c1)OCO2)c1ccc(OC)cc1OC. The van der Waals surface area contributed by atoms with Crippen LogP contribution in [0.5, 0.6) is 23.0 Å². The van der Waals surface area contributed by atoms with E-state index < -0.39 is 0 Å². The molecule has 5 nitrogen and oxygen atoms in total. The topological polar surface area (TPSA) is 46.2 Å². The summed E-state index contributed by atoms with van der Waals surface area (Å²) in [4.78, 5) is 0. The maximum absolute atomic E-state index is 5.68. The van der Waals surface area contributed by atoms with Crippen LogP contribution in [0.25, 0.3) is 0 Å². The van der Waals surface area contributed by atoms with Gasteiger partial charge in [0.05, 0.1) is 27.4 Å². The molecule has 0 aliphatic carbocycles. The molecular weight excluding hydrogens is 332 g/mol. The molecule has 0 amide bonds. The van der Waals surface area contributed by atoms with Crippen molar-refractivity contribution in [3.8, 4) is 23.0 Å². The molecule has 0 bridgehead atoms. The lowest BCUT2D eigenvalue weighted by atomic mass is 9.78. The Morgan fingerprint density at radius 2 is 1.88 bits per heavy atom. The van der Waals surface area contributed by atoms with E-state index in [0.29, 0.717) is 13.2 Å². The maximum Gasteiger partial charge on any atom is 0.231 e. The summed E-state index contributed by atoms with van der Waals surface area (Å²) in [6, 6.07) is 12.0. The van der Waals surface area contributed by atoms with E-state index in [-0.39, 0.29) is 18.6 Å². The van der Waals surface area contributed by atoms with E-state index in [1.54, 1.807) is 14.2 Å². The van der Waals surface area contributed by atoms with E-state index in [1.165, 1.54) is 0 Å². The quantitative estimate of drug-likeness (QED) is 0.765. The first-order valence-corrected chi connectivity index (χ1v) is 8.58. The summed E-state index contributed by atoms with van der Waals surface area (Å²) in [7, 11) is 3.32. The van der Waals surface area contributed by atoms with Gasteiger partial charge in [0, 0.05) is 23.5 Å². The van der Waals surface area contributed by atoms with Gasteiger partial charge in [0.2, 0.25) is 6.79 Å². The fraction of sp³-hybridized carbons (Fsp3) is 0.333. The van der Waals surface area contributed by atoms with Gasteiger partial charge in [-0.2, -0.15) is 0 Å². The molecule has 0 saturated carbocycles. The predicted octanol–water partition coefficient (Wildman–Crippen LogP) is 3.77. The van der Waals surface area contributed by atoms with Crippen molar-refractivity contribution < 1.29 is 23.7 Å². The molecule has 0 unspecified atom stereocenters. The Hall–Kier alpha value is -2.66. The summed E-state index contributed by atoms with van der Waals surface area (Å²) in [6.45, 7) is 5.70. The first-order valence-electron chi connectivity index (χ1n) is 8.58. The zero-order chi connectivity index (χ0) is 18.1. The molecule has 136 valence electrons. The average Bonchev–Trinajstić information content (AvgIpc) is 3.31. The van der Waals surface area contributed by atoms with Gasteiger partial charge in [-0.25, -0.2) is 0 Å². The summed E-state index contributed by atoms with van der Waals surface area (Å²) in [5.41, 5.74) is 3.28. The normalized spacial score (nSPS) is 19.5. The van der Waals surface area contributed by atoms with Crippen molar-refractivity contribution in [3.05, 3.63) is 59.7 Å². The first-order chi connectivity index (χ1) is 12.7. The molecule has 0 N–H and O–H groups in total. The molecule has 2 aliphatic rings. The molecule has 5 heteroatoms. The lowest BCUT2D eigenvalue weighted by Crippen LogP contribution is -2.17. The molecule has 0 spiro atoms. The fourth-order valence-electron chi connectivity index (χ4n) is 3.68. The highest BCUT2D eigenvalue weighted by molar-refractivity contribution is 5.52. The third-order valence-electron chi connectivity index (χ3n) is 5.04. The van der Waals surface area contributed by atoms with Crippen molar-refractivity contribution >= 4 is 0 Å². The summed E-state index contributed by atoms with van der Waals surface area (Å²) in [5, 5.41) is 0. The van der Waals surface area contributed by atoms with Crippen LogP contribution < -0.4 is 18.9 Å². The lowest BCUT2D eigenvalue weighted by Gasteiger charge is -2.26. The van der Waals surface area contributed by atoms with Gasteiger partial charge in [0.1, 0.15) is 11.5 Å². The highest BCUT2D eigenvalue weighted by Gasteiger charge is 2.34. The number of ether oxygens (including phenoxy) is 5. The van der Waals surface area contributed by atoms with E-state index in [0.717, 1.165) is 39.7 Å². The molecule has 2 atom stereocenters. The third-order valence-corrected chi connectivity index (χ3v) is 5.04. The van der Waals surface area contributed by atoms with Crippen LogP contribution in [-0.2, 0) is 4.74 Å². The van der Waals surface area contributed by atoms with Gasteiger partial charge >= 0.3 is 0 Å². The molecule has 26 heavy (non-hydrogen) atoms. The van der Waals surface area contributed by atoms with Crippen molar-refractivity contribution in [1.29, 1.82) is 0 Å². The van der Waals surface area contributed by atoms with Crippen LogP contribution in [0, 0.1) is 5.92 Å². The second-order valence-corrected chi connectivity index (χ2v) is 6.48. The van der Waals surface area contributed by atoms with Crippen LogP contribution in [0.1, 0.15) is 17.0 Å². The zero-order valence-corrected chi connectivity index (χ0v) is 15.0. The van der Waals surface area contributed by atoms with E-state index in [2.05, 4.69) is 18.7 Å². The maximum atomic E-state index is 5.68. The molecular formula is C21H22O5. The Kier molecular flexibility index (Phi) is 4.47. The Morgan fingerprint density at radius 1 is 1.04 bits per heavy atom. The second-order valence-electron chi connectivity index (χ2n) is 6.48. The van der Waals surface area contributed by atoms with Crippen LogP contribution in [-0.4, -0.2) is 34.2 Å². The molecule has 4 rings (SSSR count). The largest absolute Gasteiger partial charge is 0.497 e. The van der Waals surface area contributed by atoms with Gasteiger partial charge in [-0.1, -0.05) is 18.7 Å². The predicted molar refractivity (Wildman–Crippen MR) is 97.4 cm³/mol. The summed E-state index contributed by atoms with van der Waals surface area (Å²) in [5.74, 6) is 3.29. The molecule has 0 radical (unpaired) electrons. The number of rotatable bonds is 5. The number of hydrogen-bond donors (Lipinski definition) is 0. The molecule has 2 aromatic rings. The number of benzene rings is 2. The Labute approximate surface area is 153 Å². The highest BCUT2D eigenvalue weighted by atomic mass is 16.7. The molecule has 1 fully saturated rings. The Bertz CT molecular complexity index is 829. The molecule has 2 heterocycles. The van der Waals surface area contributed by atoms with Gasteiger partial charge in [-0.15, -0.1) is 0 Å². The van der Waals surface area contributed by atoms with E-state index >= 15 is 0 Å². The van der Waals surface area contributed by atoms with Crippen LogP contribution in [0.4, 0.5) is 0 Å². The van der Waals surface area contributed by atoms with E-state index in [9.17, 15) is 0 Å². The molecule has 2 aromatic carbocycles. The van der Waals surface area contributed by atoms with Crippen molar-refractivity contribution in [2.45, 2.75) is 5.92 Å². The number of fused-ring (bicyclic) bond motifs is 1. The molecule has 2 aliphatic heterocycles. The summed E-state index contributed by atoms with van der Waals surface area (Å²) < 4.78 is 27.7. The van der Waals surface area contributed by atoms with E-state index in [1.807, 2.05) is 24.3 Å². The number of hydrogen-bond acceptors (Lipinski definition) is 5. The van der Waals surface area contributed by atoms with Crippen LogP contribution in [0.2, 0.25) is 0 Å². The highest BCUT2D eigenvalue weighted by Crippen LogP contribution is 2.45. The molecule has 1 saturated heterocycles. The lowest BCUT2D eigenvalue weighted by molar-refractivity contribution is 0.174. The van der Waals surface area contributed by atoms with Gasteiger partial charge in [-0.05, 0) is 29.3 Å². The van der Waals surface area contributed by atoms with Crippen molar-refractivity contribution in [3.63, 3.8) is 0 Å². The second kappa shape index (κ2) is 6.92. The van der Waals surface area contributed by atoms with Crippen LogP contribution >= 0.6 is 0 Å². The van der Waals surface area contributed by atoms with Crippen LogP contribution in [0.3, 0.4) is 0 Å². The molecule has 0 aromatic heterocycles. The monoisotopic (exact) mass is 354 g/mol. The minimum Gasteiger partial charge on any atom is -0.497 e. The summed E-state index contributed by atoms with van der Waals surface area (Å²) in [6.07, 6.45) is 0.